The molecule has 0 saturated carbocycles. The maximum atomic E-state index is 13.2. The van der Waals surface area contributed by atoms with Crippen LogP contribution in [0, 0.1) is 0 Å². The van der Waals surface area contributed by atoms with E-state index in [-0.39, 0.29) is 24.9 Å². The number of carbonyl (C=O) groups is 2. The molecule has 58 heavy (non-hydrogen) atoms. The van der Waals surface area contributed by atoms with Crippen molar-refractivity contribution in [1.29, 1.82) is 0 Å². The minimum atomic E-state index is -0.783. The first-order valence-electron chi connectivity index (χ1n) is 25.9. The Kier molecular flexibility index (Phi) is 45.5. The van der Waals surface area contributed by atoms with Gasteiger partial charge in [-0.3, -0.25) is 9.59 Å². The molecule has 3 atom stereocenters. The van der Waals surface area contributed by atoms with Crippen LogP contribution in [0.5, 0.6) is 0 Å². The molecule has 0 bridgehead atoms. The molecule has 3 N–H and O–H groups in total. The van der Waals surface area contributed by atoms with E-state index in [1.54, 1.807) is 0 Å². The number of carbonyl (C=O) groups excluding carboxylic acids is 2. The molecule has 0 saturated heterocycles. The number of allylic oxidation sites excluding steroid dienone is 2. The Morgan fingerprint density at radius 1 is 0.483 bits per heavy atom. The van der Waals surface area contributed by atoms with E-state index in [2.05, 4.69) is 38.2 Å². The minimum absolute atomic E-state index is 0.0788. The number of nitrogens with one attached hydrogen (secondary N) is 1. The molecule has 344 valence electrons. The lowest BCUT2D eigenvalue weighted by atomic mass is 10.0. The van der Waals surface area contributed by atoms with E-state index in [4.69, 9.17) is 4.74 Å². The van der Waals surface area contributed by atoms with Crippen molar-refractivity contribution in [3.63, 3.8) is 0 Å². The molecule has 1 amide bonds. The number of hydrogen-bond donors (Lipinski definition) is 3. The van der Waals surface area contributed by atoms with E-state index in [1.807, 2.05) is 0 Å². The zero-order chi connectivity index (χ0) is 42.4. The van der Waals surface area contributed by atoms with Gasteiger partial charge in [-0.15, -0.1) is 0 Å². The van der Waals surface area contributed by atoms with Gasteiger partial charge in [0.05, 0.1) is 25.2 Å². The van der Waals surface area contributed by atoms with E-state index in [1.165, 1.54) is 186 Å². The average Bonchev–Trinajstić information content (AvgIpc) is 3.22. The highest BCUT2D eigenvalue weighted by atomic mass is 16.5. The maximum absolute atomic E-state index is 13.2. The van der Waals surface area contributed by atoms with Crippen LogP contribution in [0.3, 0.4) is 0 Å². The summed E-state index contributed by atoms with van der Waals surface area (Å²) < 4.78 is 5.93. The third-order valence-electron chi connectivity index (χ3n) is 12.1. The molecule has 0 spiro atoms. The number of aliphatic hydroxyl groups is 2. The molecule has 0 aliphatic rings. The average molecular weight is 820 g/mol. The molecular formula is C52H101NO5. The molecule has 0 aliphatic heterocycles. The summed E-state index contributed by atoms with van der Waals surface area (Å²) >= 11 is 0. The minimum Gasteiger partial charge on any atom is -0.462 e. The fraction of sp³-hybridized carbons (Fsp3) is 0.923. The predicted molar refractivity (Wildman–Crippen MR) is 250 cm³/mol. The number of aliphatic hydroxyl groups excluding tert-OH is 2. The van der Waals surface area contributed by atoms with E-state index < -0.39 is 18.2 Å². The molecule has 0 aromatic rings. The molecule has 0 aromatic heterocycles. The van der Waals surface area contributed by atoms with Crippen LogP contribution < -0.4 is 5.32 Å². The summed E-state index contributed by atoms with van der Waals surface area (Å²) in [7, 11) is 0. The third-order valence-corrected chi connectivity index (χ3v) is 12.1. The van der Waals surface area contributed by atoms with Gasteiger partial charge in [-0.25, -0.2) is 0 Å². The van der Waals surface area contributed by atoms with Crippen molar-refractivity contribution >= 4 is 11.9 Å². The van der Waals surface area contributed by atoms with Crippen LogP contribution in [-0.2, 0) is 14.3 Å². The van der Waals surface area contributed by atoms with Gasteiger partial charge in [0.25, 0.3) is 0 Å². The first kappa shape index (κ1) is 56.6. The molecular weight excluding hydrogens is 719 g/mol. The third kappa shape index (κ3) is 41.3. The Bertz CT molecular complexity index is 878. The highest BCUT2D eigenvalue weighted by Gasteiger charge is 2.24. The van der Waals surface area contributed by atoms with Crippen molar-refractivity contribution in [2.45, 2.75) is 302 Å². The highest BCUT2D eigenvalue weighted by molar-refractivity contribution is 5.77. The Hall–Kier alpha value is -1.40. The Labute approximate surface area is 361 Å². The summed E-state index contributed by atoms with van der Waals surface area (Å²) in [6.07, 6.45) is 51.2. The van der Waals surface area contributed by atoms with E-state index >= 15 is 0 Å². The van der Waals surface area contributed by atoms with Crippen LogP contribution in [0.1, 0.15) is 284 Å². The number of hydrogen-bond acceptors (Lipinski definition) is 5. The van der Waals surface area contributed by atoms with Gasteiger partial charge < -0.3 is 20.3 Å². The highest BCUT2D eigenvalue weighted by Crippen LogP contribution is 2.18. The van der Waals surface area contributed by atoms with Crippen LogP contribution >= 0.6 is 0 Å². The summed E-state index contributed by atoms with van der Waals surface area (Å²) in [5.74, 6) is -0.476. The zero-order valence-electron chi connectivity index (χ0n) is 39.2. The SMILES string of the molecule is CCCCCCCC/C=C\CCCCCC(=O)OC(CCCCCCCCCCCCCCCC)CC(=O)NC(CO)C(O)CCCCCCCCCCCCCC. The van der Waals surface area contributed by atoms with E-state index in [9.17, 15) is 19.8 Å². The number of ether oxygens (including phenoxy) is 1. The number of amides is 1. The lowest BCUT2D eigenvalue weighted by Crippen LogP contribution is -2.46. The number of unbranched alkanes of at least 4 members (excludes halogenated alkanes) is 33. The van der Waals surface area contributed by atoms with Crippen molar-refractivity contribution in [3.8, 4) is 0 Å². The molecule has 0 rings (SSSR count). The summed E-state index contributed by atoms with van der Waals surface area (Å²) in [5, 5.41) is 23.7. The molecule has 0 aliphatic carbocycles. The van der Waals surface area contributed by atoms with Crippen molar-refractivity contribution in [2.75, 3.05) is 6.61 Å². The van der Waals surface area contributed by atoms with Gasteiger partial charge >= 0.3 is 5.97 Å². The van der Waals surface area contributed by atoms with Crippen LogP contribution in [0.2, 0.25) is 0 Å². The van der Waals surface area contributed by atoms with Gasteiger partial charge in [0.1, 0.15) is 6.10 Å². The van der Waals surface area contributed by atoms with Crippen LogP contribution in [0.15, 0.2) is 12.2 Å². The maximum Gasteiger partial charge on any atom is 0.306 e. The number of rotatable bonds is 47. The van der Waals surface area contributed by atoms with Crippen molar-refractivity contribution < 1.29 is 24.5 Å². The number of esters is 1. The Balaban J connectivity index is 4.56. The molecule has 0 heterocycles. The second kappa shape index (κ2) is 46.7. The standard InChI is InChI=1S/C52H101NO5/c1-4-7-10-13-16-19-22-25-27-28-31-34-37-40-43-48(58-52(57)45-42-39-36-33-30-26-23-20-17-14-11-8-5-2)46-51(56)53-49(47-54)50(55)44-41-38-35-32-29-24-21-18-15-12-9-6-3/h26,30,48-50,54-55H,4-25,27-29,31-47H2,1-3H3,(H,53,56)/b30-26-. The van der Waals surface area contributed by atoms with Gasteiger partial charge in [0.15, 0.2) is 0 Å². The normalized spacial score (nSPS) is 13.3. The Morgan fingerprint density at radius 2 is 0.828 bits per heavy atom. The van der Waals surface area contributed by atoms with Gasteiger partial charge in [-0.1, -0.05) is 232 Å². The van der Waals surface area contributed by atoms with Gasteiger partial charge in [-0.05, 0) is 51.4 Å². The van der Waals surface area contributed by atoms with Crippen LogP contribution in [-0.4, -0.2) is 46.9 Å². The van der Waals surface area contributed by atoms with Gasteiger partial charge in [0, 0.05) is 6.42 Å². The van der Waals surface area contributed by atoms with Crippen LogP contribution in [0.4, 0.5) is 0 Å². The molecule has 6 nitrogen and oxygen atoms in total. The zero-order valence-corrected chi connectivity index (χ0v) is 39.2. The van der Waals surface area contributed by atoms with Gasteiger partial charge in [-0.2, -0.15) is 0 Å². The molecule has 0 radical (unpaired) electrons. The fourth-order valence-corrected chi connectivity index (χ4v) is 8.13. The second-order valence-corrected chi connectivity index (χ2v) is 17.9. The first-order chi connectivity index (χ1) is 28.5. The monoisotopic (exact) mass is 820 g/mol. The van der Waals surface area contributed by atoms with Crippen molar-refractivity contribution in [2.24, 2.45) is 0 Å². The topological polar surface area (TPSA) is 95.9 Å². The van der Waals surface area contributed by atoms with E-state index in [0.717, 1.165) is 51.4 Å². The second-order valence-electron chi connectivity index (χ2n) is 17.9. The lowest BCUT2D eigenvalue weighted by molar-refractivity contribution is -0.151. The molecule has 6 heteroatoms. The molecule has 0 aromatic carbocycles. The lowest BCUT2D eigenvalue weighted by Gasteiger charge is -2.24. The molecule has 0 fully saturated rings. The summed E-state index contributed by atoms with van der Waals surface area (Å²) in [5.41, 5.74) is 0. The summed E-state index contributed by atoms with van der Waals surface area (Å²) in [6.45, 7) is 6.49. The van der Waals surface area contributed by atoms with Gasteiger partial charge in [0.2, 0.25) is 5.91 Å². The predicted octanol–water partition coefficient (Wildman–Crippen LogP) is 15.3. The largest absolute Gasteiger partial charge is 0.462 e. The van der Waals surface area contributed by atoms with Crippen LogP contribution in [0.25, 0.3) is 0 Å². The molecule has 3 unspecified atom stereocenters. The smallest absolute Gasteiger partial charge is 0.306 e. The van der Waals surface area contributed by atoms with E-state index in [0.29, 0.717) is 19.3 Å². The van der Waals surface area contributed by atoms with Crippen molar-refractivity contribution in [1.82, 2.24) is 5.32 Å². The quantitative estimate of drug-likeness (QED) is 0.0323. The van der Waals surface area contributed by atoms with Crippen molar-refractivity contribution in [3.05, 3.63) is 12.2 Å². The Morgan fingerprint density at radius 3 is 1.22 bits per heavy atom. The summed E-state index contributed by atoms with van der Waals surface area (Å²) in [6, 6.07) is -0.697. The first-order valence-corrected chi connectivity index (χ1v) is 25.9. The summed E-state index contributed by atoms with van der Waals surface area (Å²) in [4.78, 5) is 26.1. The fourth-order valence-electron chi connectivity index (χ4n) is 8.13.